The average Bonchev–Trinajstić information content (AvgIpc) is 3.51. The minimum Gasteiger partial charge on any atom is -0.489 e. The Balaban J connectivity index is 0.00000400. The molecule has 204 valence electrons. The molecule has 0 radical (unpaired) electrons. The summed E-state index contributed by atoms with van der Waals surface area (Å²) in [5.74, 6) is -0.613. The van der Waals surface area contributed by atoms with Gasteiger partial charge in [0.1, 0.15) is 18.4 Å². The molecule has 4 rings (SSSR count). The first-order valence-corrected chi connectivity index (χ1v) is 11.1. The van der Waals surface area contributed by atoms with Crippen LogP contribution in [0.1, 0.15) is 41.5 Å². The number of aromatic nitrogens is 2. The molecule has 0 amide bonds. The van der Waals surface area contributed by atoms with E-state index >= 15 is 0 Å². The third-order valence-electron chi connectivity index (χ3n) is 5.73. The van der Waals surface area contributed by atoms with Crippen molar-refractivity contribution < 1.29 is 35.6 Å². The fourth-order valence-electron chi connectivity index (χ4n) is 4.03. The number of benzene rings is 2. The van der Waals surface area contributed by atoms with Gasteiger partial charge in [0.15, 0.2) is 5.96 Å². The first-order chi connectivity index (χ1) is 17.4. The number of halogens is 7. The summed E-state index contributed by atoms with van der Waals surface area (Å²) in [4.78, 5) is 5.77. The van der Waals surface area contributed by atoms with Gasteiger partial charge in [0.2, 0.25) is 11.7 Å². The van der Waals surface area contributed by atoms with Crippen molar-refractivity contribution in [3.8, 4) is 17.1 Å². The van der Waals surface area contributed by atoms with Gasteiger partial charge in [-0.1, -0.05) is 29.4 Å². The Morgan fingerprint density at radius 1 is 1.11 bits per heavy atom. The van der Waals surface area contributed by atoms with Crippen molar-refractivity contribution in [2.75, 3.05) is 13.2 Å². The van der Waals surface area contributed by atoms with E-state index in [4.69, 9.17) is 20.4 Å². The molecule has 7 nitrogen and oxygen atoms in total. The fourth-order valence-corrected chi connectivity index (χ4v) is 4.03. The zero-order chi connectivity index (χ0) is 26.8. The van der Waals surface area contributed by atoms with E-state index < -0.39 is 41.9 Å². The molecule has 1 fully saturated rings. The molecular weight excluding hydrogens is 540 g/mol. The second-order valence-corrected chi connectivity index (χ2v) is 8.20. The molecule has 1 aliphatic rings. The average molecular weight is 562 g/mol. The van der Waals surface area contributed by atoms with Gasteiger partial charge in [0.05, 0.1) is 11.1 Å². The number of rotatable bonds is 6. The number of nitrogens with zero attached hydrogens (tertiary/aromatic N) is 3. The molecule has 3 aromatic rings. The van der Waals surface area contributed by atoms with E-state index in [9.17, 15) is 26.3 Å². The minimum atomic E-state index is -4.79. The Bertz CT molecular complexity index is 1310. The summed E-state index contributed by atoms with van der Waals surface area (Å²) >= 11 is 0. The van der Waals surface area contributed by atoms with Crippen LogP contribution in [-0.2, 0) is 12.4 Å². The Kier molecular flexibility index (Phi) is 8.60. The van der Waals surface area contributed by atoms with Crippen LogP contribution in [0, 0.1) is 5.41 Å². The summed E-state index contributed by atoms with van der Waals surface area (Å²) in [5, 5.41) is 11.4. The van der Waals surface area contributed by atoms with E-state index in [1.54, 1.807) is 4.90 Å². The quantitative estimate of drug-likeness (QED) is 0.207. The first kappa shape index (κ1) is 28.8. The van der Waals surface area contributed by atoms with Crippen LogP contribution < -0.4 is 10.5 Å². The summed E-state index contributed by atoms with van der Waals surface area (Å²) in [6.07, 6.45) is -5.68. The van der Waals surface area contributed by atoms with Gasteiger partial charge >= 0.3 is 12.4 Å². The highest BCUT2D eigenvalue weighted by Crippen LogP contribution is 2.39. The lowest BCUT2D eigenvalue weighted by molar-refractivity contribution is -0.139. The van der Waals surface area contributed by atoms with Crippen molar-refractivity contribution in [2.45, 2.75) is 31.2 Å². The highest BCUT2D eigenvalue weighted by atomic mass is 35.5. The number of nitrogens with one attached hydrogen (secondary N) is 1. The van der Waals surface area contributed by atoms with Crippen LogP contribution in [0.4, 0.5) is 26.3 Å². The molecule has 1 aromatic heterocycles. The van der Waals surface area contributed by atoms with Crippen molar-refractivity contribution in [3.63, 3.8) is 0 Å². The van der Waals surface area contributed by atoms with Crippen LogP contribution in [0.5, 0.6) is 5.75 Å². The number of likely N-dealkylation sites (tertiary alicyclic amines) is 1. The molecule has 0 bridgehead atoms. The van der Waals surface area contributed by atoms with E-state index in [-0.39, 0.29) is 41.2 Å². The van der Waals surface area contributed by atoms with Crippen molar-refractivity contribution in [2.24, 2.45) is 5.73 Å². The monoisotopic (exact) mass is 561 g/mol. The molecule has 1 atom stereocenters. The predicted molar refractivity (Wildman–Crippen MR) is 129 cm³/mol. The topological polar surface area (TPSA) is 101 Å². The Labute approximate surface area is 219 Å². The van der Waals surface area contributed by atoms with E-state index in [2.05, 4.69) is 10.1 Å². The summed E-state index contributed by atoms with van der Waals surface area (Å²) in [6, 6.07) is 7.60. The third-order valence-corrected chi connectivity index (χ3v) is 5.73. The lowest BCUT2D eigenvalue weighted by Gasteiger charge is -2.21. The number of guanidine groups is 1. The molecular formula is C24H22ClF6N5O2. The van der Waals surface area contributed by atoms with Gasteiger partial charge < -0.3 is 19.9 Å². The number of hydrogen-bond donors (Lipinski definition) is 2. The number of hydrogen-bond acceptors (Lipinski definition) is 5. The standard InChI is InChI=1S/C24H21F6N5O2.ClH/c25-23(26,27)16-7-2-1-5-14(16)6-4-12-36-19-10-9-15(13-17(19)24(28,29)30)20-33-21(37-34-20)18-8-3-11-35(18)22(31)32;/h1-2,4-7,9-10,13,18H,3,8,11-12H2,(H3,31,32);1H. The summed E-state index contributed by atoms with van der Waals surface area (Å²) in [7, 11) is 0. The van der Waals surface area contributed by atoms with Crippen LogP contribution in [0.3, 0.4) is 0 Å². The molecule has 14 heteroatoms. The third kappa shape index (κ3) is 6.39. The molecule has 0 saturated carbocycles. The lowest BCUT2D eigenvalue weighted by atomic mass is 10.1. The largest absolute Gasteiger partial charge is 0.489 e. The van der Waals surface area contributed by atoms with E-state index in [0.717, 1.165) is 30.7 Å². The number of nitrogens with two attached hydrogens (primary N) is 1. The smallest absolute Gasteiger partial charge is 0.419 e. The Hall–Kier alpha value is -3.74. The molecule has 1 unspecified atom stereocenters. The van der Waals surface area contributed by atoms with E-state index in [1.807, 2.05) is 0 Å². The number of ether oxygens (including phenoxy) is 1. The molecule has 0 spiro atoms. The first-order valence-electron chi connectivity index (χ1n) is 11.1. The van der Waals surface area contributed by atoms with Gasteiger partial charge in [-0.15, -0.1) is 12.4 Å². The van der Waals surface area contributed by atoms with Crippen molar-refractivity contribution in [1.29, 1.82) is 5.41 Å². The summed E-state index contributed by atoms with van der Waals surface area (Å²) < 4.78 is 91.1. The highest BCUT2D eigenvalue weighted by Gasteiger charge is 2.36. The maximum absolute atomic E-state index is 13.8. The maximum Gasteiger partial charge on any atom is 0.419 e. The van der Waals surface area contributed by atoms with Gasteiger partial charge in [-0.05, 0) is 48.7 Å². The normalized spacial score (nSPS) is 16.1. The molecule has 1 aliphatic heterocycles. The van der Waals surface area contributed by atoms with Crippen LogP contribution >= 0.6 is 12.4 Å². The zero-order valence-corrected chi connectivity index (χ0v) is 20.3. The second-order valence-electron chi connectivity index (χ2n) is 8.20. The van der Waals surface area contributed by atoms with Crippen LogP contribution in [-0.4, -0.2) is 34.2 Å². The van der Waals surface area contributed by atoms with Gasteiger partial charge in [0, 0.05) is 12.1 Å². The number of alkyl halides is 6. The highest BCUT2D eigenvalue weighted by molar-refractivity contribution is 5.85. The van der Waals surface area contributed by atoms with E-state index in [0.29, 0.717) is 13.0 Å². The predicted octanol–water partition coefficient (Wildman–Crippen LogP) is 6.32. The lowest BCUT2D eigenvalue weighted by Crippen LogP contribution is -2.35. The Morgan fingerprint density at radius 3 is 2.50 bits per heavy atom. The molecule has 0 aliphatic carbocycles. The SMILES string of the molecule is Cl.N=C(N)N1CCCC1c1nc(-c2ccc(OCC=Cc3ccccc3C(F)(F)F)c(C(F)(F)F)c2)no1. The summed E-state index contributed by atoms with van der Waals surface area (Å²) in [6.45, 7) is 0.127. The molecule has 3 N–H and O–H groups in total. The van der Waals surface area contributed by atoms with Crippen LogP contribution in [0.25, 0.3) is 17.5 Å². The maximum atomic E-state index is 13.8. The van der Waals surface area contributed by atoms with Crippen LogP contribution in [0.15, 0.2) is 53.1 Å². The summed E-state index contributed by atoms with van der Waals surface area (Å²) in [5.41, 5.74) is 3.48. The fraction of sp³-hybridized carbons (Fsp3) is 0.292. The minimum absolute atomic E-state index is 0. The Morgan fingerprint density at radius 2 is 1.82 bits per heavy atom. The second kappa shape index (κ2) is 11.3. The molecule has 2 heterocycles. The molecule has 38 heavy (non-hydrogen) atoms. The van der Waals surface area contributed by atoms with Crippen molar-refractivity contribution >= 4 is 24.4 Å². The van der Waals surface area contributed by atoms with E-state index in [1.165, 1.54) is 30.3 Å². The molecule has 2 aromatic carbocycles. The zero-order valence-electron chi connectivity index (χ0n) is 19.5. The van der Waals surface area contributed by atoms with Crippen LogP contribution in [0.2, 0.25) is 0 Å². The van der Waals surface area contributed by atoms with Gasteiger partial charge in [-0.2, -0.15) is 31.3 Å². The van der Waals surface area contributed by atoms with Crippen molar-refractivity contribution in [1.82, 2.24) is 15.0 Å². The van der Waals surface area contributed by atoms with Gasteiger partial charge in [-0.3, -0.25) is 5.41 Å². The van der Waals surface area contributed by atoms with Gasteiger partial charge in [0.25, 0.3) is 0 Å². The van der Waals surface area contributed by atoms with Crippen molar-refractivity contribution in [3.05, 3.63) is 71.1 Å². The molecule has 1 saturated heterocycles. The van der Waals surface area contributed by atoms with Gasteiger partial charge in [-0.25, -0.2) is 0 Å².